The molecule has 0 spiro atoms. The minimum absolute atomic E-state index is 0. The SMILES string of the molecule is CN=C(NCC1(CCO)CCOC1)NCC1(c2cccc(Cl)c2)CCCC1.I. The van der Waals surface area contributed by atoms with Crippen LogP contribution in [0.15, 0.2) is 29.3 Å². The number of ether oxygens (including phenoxy) is 1. The summed E-state index contributed by atoms with van der Waals surface area (Å²) >= 11 is 6.25. The first-order valence-corrected chi connectivity index (χ1v) is 10.4. The van der Waals surface area contributed by atoms with E-state index in [2.05, 4.69) is 27.8 Å². The number of hydrogen-bond acceptors (Lipinski definition) is 3. The lowest BCUT2D eigenvalue weighted by molar-refractivity contribution is 0.127. The average molecular weight is 522 g/mol. The largest absolute Gasteiger partial charge is 0.396 e. The quantitative estimate of drug-likeness (QED) is 0.291. The van der Waals surface area contributed by atoms with Crippen LogP contribution in [0.4, 0.5) is 0 Å². The number of aliphatic hydroxyl groups excluding tert-OH is 1. The van der Waals surface area contributed by atoms with Crippen LogP contribution in [-0.4, -0.2) is 51.0 Å². The Balaban J connectivity index is 0.00000280. The molecular weight excluding hydrogens is 489 g/mol. The summed E-state index contributed by atoms with van der Waals surface area (Å²) in [6, 6.07) is 8.29. The van der Waals surface area contributed by atoms with Crippen molar-refractivity contribution in [3.8, 4) is 0 Å². The summed E-state index contributed by atoms with van der Waals surface area (Å²) in [6.07, 6.45) is 6.56. The molecule has 3 rings (SSSR count). The Labute approximate surface area is 190 Å². The van der Waals surface area contributed by atoms with Gasteiger partial charge in [-0.05, 0) is 43.4 Å². The Kier molecular flexibility index (Phi) is 9.31. The maximum Gasteiger partial charge on any atom is 0.191 e. The van der Waals surface area contributed by atoms with Crippen molar-refractivity contribution in [2.24, 2.45) is 10.4 Å². The molecule has 1 aromatic rings. The molecular formula is C21H33ClIN3O2. The second kappa shape index (κ2) is 11.0. The molecule has 2 fully saturated rings. The van der Waals surface area contributed by atoms with E-state index in [4.69, 9.17) is 16.3 Å². The zero-order valence-electron chi connectivity index (χ0n) is 16.7. The van der Waals surface area contributed by atoms with Crippen LogP contribution >= 0.6 is 35.6 Å². The third-order valence-corrected chi connectivity index (χ3v) is 6.51. The van der Waals surface area contributed by atoms with Crippen LogP contribution in [0.2, 0.25) is 5.02 Å². The summed E-state index contributed by atoms with van der Waals surface area (Å²) in [6.45, 7) is 3.26. The average Bonchev–Trinajstić information content (AvgIpc) is 3.33. The molecule has 28 heavy (non-hydrogen) atoms. The number of rotatable bonds is 7. The molecule has 2 aliphatic rings. The number of nitrogens with one attached hydrogen (secondary N) is 2. The molecule has 1 aliphatic heterocycles. The number of guanidine groups is 1. The summed E-state index contributed by atoms with van der Waals surface area (Å²) in [5.41, 5.74) is 1.43. The van der Waals surface area contributed by atoms with Crippen molar-refractivity contribution in [3.05, 3.63) is 34.9 Å². The molecule has 0 amide bonds. The van der Waals surface area contributed by atoms with Crippen molar-refractivity contribution < 1.29 is 9.84 Å². The normalized spacial score (nSPS) is 24.0. The highest BCUT2D eigenvalue weighted by molar-refractivity contribution is 14.0. The first-order chi connectivity index (χ1) is 13.1. The van der Waals surface area contributed by atoms with Crippen molar-refractivity contribution in [2.75, 3.05) is 40.0 Å². The van der Waals surface area contributed by atoms with Crippen molar-refractivity contribution in [3.63, 3.8) is 0 Å². The van der Waals surface area contributed by atoms with Crippen molar-refractivity contribution >= 4 is 41.5 Å². The van der Waals surface area contributed by atoms with E-state index in [1.54, 1.807) is 7.05 Å². The van der Waals surface area contributed by atoms with Gasteiger partial charge < -0.3 is 20.5 Å². The van der Waals surface area contributed by atoms with Crippen molar-refractivity contribution in [1.82, 2.24) is 10.6 Å². The van der Waals surface area contributed by atoms with E-state index in [9.17, 15) is 5.11 Å². The van der Waals surface area contributed by atoms with E-state index in [1.807, 2.05) is 12.1 Å². The van der Waals surface area contributed by atoms with Gasteiger partial charge in [0.15, 0.2) is 5.96 Å². The molecule has 5 nitrogen and oxygen atoms in total. The predicted octanol–water partition coefficient (Wildman–Crippen LogP) is 3.72. The molecule has 1 aromatic carbocycles. The lowest BCUT2D eigenvalue weighted by Gasteiger charge is -2.32. The second-order valence-electron chi connectivity index (χ2n) is 8.05. The molecule has 0 radical (unpaired) electrons. The number of nitrogens with zero attached hydrogens (tertiary/aromatic N) is 1. The van der Waals surface area contributed by atoms with Crippen LogP contribution in [-0.2, 0) is 10.2 Å². The topological polar surface area (TPSA) is 65.9 Å². The fraction of sp³-hybridized carbons (Fsp3) is 0.667. The highest BCUT2D eigenvalue weighted by Crippen LogP contribution is 2.41. The van der Waals surface area contributed by atoms with E-state index < -0.39 is 0 Å². The maximum absolute atomic E-state index is 9.40. The van der Waals surface area contributed by atoms with Gasteiger partial charge in [-0.2, -0.15) is 0 Å². The third kappa shape index (κ3) is 5.74. The Morgan fingerprint density at radius 1 is 1.21 bits per heavy atom. The zero-order valence-corrected chi connectivity index (χ0v) is 19.8. The molecule has 1 unspecified atom stereocenters. The van der Waals surface area contributed by atoms with Crippen LogP contribution in [0.5, 0.6) is 0 Å². The monoisotopic (exact) mass is 521 g/mol. The highest BCUT2D eigenvalue weighted by atomic mass is 127. The molecule has 7 heteroatoms. The fourth-order valence-corrected chi connectivity index (χ4v) is 4.68. The molecule has 0 aromatic heterocycles. The van der Waals surface area contributed by atoms with Gasteiger partial charge >= 0.3 is 0 Å². The van der Waals surface area contributed by atoms with E-state index >= 15 is 0 Å². The van der Waals surface area contributed by atoms with Crippen LogP contribution < -0.4 is 10.6 Å². The molecule has 158 valence electrons. The van der Waals surface area contributed by atoms with E-state index in [-0.39, 0.29) is 41.4 Å². The number of benzene rings is 1. The Bertz CT molecular complexity index is 644. The molecule has 1 atom stereocenters. The lowest BCUT2D eigenvalue weighted by atomic mass is 9.79. The van der Waals surface area contributed by atoms with Gasteiger partial charge in [0, 0.05) is 49.2 Å². The van der Waals surface area contributed by atoms with Crippen LogP contribution in [0.25, 0.3) is 0 Å². The van der Waals surface area contributed by atoms with Gasteiger partial charge in [-0.25, -0.2) is 0 Å². The zero-order chi connectivity index (χ0) is 19.2. The molecule has 0 bridgehead atoms. The Morgan fingerprint density at radius 2 is 1.96 bits per heavy atom. The highest BCUT2D eigenvalue weighted by Gasteiger charge is 2.37. The second-order valence-corrected chi connectivity index (χ2v) is 8.49. The van der Waals surface area contributed by atoms with Gasteiger partial charge in [0.2, 0.25) is 0 Å². The number of aliphatic imine (C=N–C) groups is 1. The molecule has 1 saturated carbocycles. The first-order valence-electron chi connectivity index (χ1n) is 10.0. The Morgan fingerprint density at radius 3 is 2.57 bits per heavy atom. The van der Waals surface area contributed by atoms with Crippen LogP contribution in [0, 0.1) is 5.41 Å². The maximum atomic E-state index is 9.40. The first kappa shape index (κ1) is 23.7. The summed E-state index contributed by atoms with van der Waals surface area (Å²) in [7, 11) is 1.81. The molecule has 1 aliphatic carbocycles. The Hall–Kier alpha value is -0.570. The number of hydrogen-bond donors (Lipinski definition) is 3. The van der Waals surface area contributed by atoms with Gasteiger partial charge in [-0.3, -0.25) is 4.99 Å². The van der Waals surface area contributed by atoms with Gasteiger partial charge in [0.1, 0.15) is 0 Å². The third-order valence-electron chi connectivity index (χ3n) is 6.27. The van der Waals surface area contributed by atoms with E-state index in [0.29, 0.717) is 6.61 Å². The molecule has 1 saturated heterocycles. The van der Waals surface area contributed by atoms with Crippen molar-refractivity contribution in [2.45, 2.75) is 43.9 Å². The smallest absolute Gasteiger partial charge is 0.191 e. The van der Waals surface area contributed by atoms with Gasteiger partial charge in [0.05, 0.1) is 6.61 Å². The molecule has 3 N–H and O–H groups in total. The number of halogens is 2. The van der Waals surface area contributed by atoms with Crippen LogP contribution in [0.3, 0.4) is 0 Å². The summed E-state index contributed by atoms with van der Waals surface area (Å²) < 4.78 is 5.58. The molecule has 1 heterocycles. The lowest BCUT2D eigenvalue weighted by Crippen LogP contribution is -2.48. The predicted molar refractivity (Wildman–Crippen MR) is 126 cm³/mol. The summed E-state index contributed by atoms with van der Waals surface area (Å²) in [5, 5.41) is 17.2. The standard InChI is InChI=1S/C21H32ClN3O2.HI/c1-23-19(24-14-20(9-11-26)10-12-27-16-20)25-15-21(7-2-3-8-21)17-5-4-6-18(22)13-17;/h4-6,13,26H,2-3,7-12,14-16H2,1H3,(H2,23,24,25);1H. The van der Waals surface area contributed by atoms with Gasteiger partial charge in [-0.1, -0.05) is 36.6 Å². The van der Waals surface area contributed by atoms with Crippen molar-refractivity contribution in [1.29, 1.82) is 0 Å². The fourth-order valence-electron chi connectivity index (χ4n) is 4.49. The van der Waals surface area contributed by atoms with Crippen LogP contribution in [0.1, 0.15) is 44.1 Å². The summed E-state index contributed by atoms with van der Waals surface area (Å²) in [5.74, 6) is 0.813. The summed E-state index contributed by atoms with van der Waals surface area (Å²) in [4.78, 5) is 4.41. The van der Waals surface area contributed by atoms with E-state index in [1.165, 1.54) is 31.2 Å². The number of aliphatic hydroxyl groups is 1. The van der Waals surface area contributed by atoms with Gasteiger partial charge in [-0.15, -0.1) is 24.0 Å². The van der Waals surface area contributed by atoms with Gasteiger partial charge in [0.25, 0.3) is 0 Å². The minimum atomic E-state index is 0. The van der Waals surface area contributed by atoms with E-state index in [0.717, 1.165) is 43.5 Å². The minimum Gasteiger partial charge on any atom is -0.396 e.